The summed E-state index contributed by atoms with van der Waals surface area (Å²) in [5, 5.41) is 0.297. The summed E-state index contributed by atoms with van der Waals surface area (Å²) in [5.41, 5.74) is 3.39. The summed E-state index contributed by atoms with van der Waals surface area (Å²) >= 11 is 6.61. The Balaban J connectivity index is 1.39. The third-order valence-corrected chi connectivity index (χ3v) is 7.14. The van der Waals surface area contributed by atoms with Gasteiger partial charge in [0.25, 0.3) is 0 Å². The SMILES string of the molecule is O=C1CCN(Cc2ccccc2)CC1C(=O)c1cc(Cl)c(OCc2ccccc2)cc1OCc1ccccc1. The molecular weight excluding hydrogens is 510 g/mol. The van der Waals surface area contributed by atoms with Gasteiger partial charge in [0.2, 0.25) is 0 Å². The van der Waals surface area contributed by atoms with Gasteiger partial charge in [-0.1, -0.05) is 103 Å². The van der Waals surface area contributed by atoms with Gasteiger partial charge in [-0.15, -0.1) is 0 Å². The standard InChI is InChI=1S/C33H30ClNO4/c34-29-18-27(33(37)28-21-35(17-16-30(28)36)20-24-10-4-1-5-11-24)31(38-22-25-12-6-2-7-13-25)19-32(29)39-23-26-14-8-3-9-15-26/h1-15,18-19,28H,16-17,20-23H2. The Kier molecular flexibility index (Phi) is 8.71. The van der Waals surface area contributed by atoms with Crippen LogP contribution >= 0.6 is 11.6 Å². The lowest BCUT2D eigenvalue weighted by atomic mass is 9.88. The zero-order valence-corrected chi connectivity index (χ0v) is 22.3. The van der Waals surface area contributed by atoms with E-state index in [1.165, 1.54) is 0 Å². The zero-order valence-electron chi connectivity index (χ0n) is 21.6. The van der Waals surface area contributed by atoms with Crippen molar-refractivity contribution in [3.05, 3.63) is 130 Å². The van der Waals surface area contributed by atoms with Crippen molar-refractivity contribution in [2.75, 3.05) is 13.1 Å². The third kappa shape index (κ3) is 6.94. The molecule has 4 aromatic rings. The molecule has 1 atom stereocenters. The maximum Gasteiger partial charge on any atom is 0.178 e. The second-order valence-electron chi connectivity index (χ2n) is 9.68. The molecule has 1 saturated heterocycles. The predicted molar refractivity (Wildman–Crippen MR) is 152 cm³/mol. The number of hydrogen-bond donors (Lipinski definition) is 0. The Bertz CT molecular complexity index is 1410. The minimum Gasteiger partial charge on any atom is -0.488 e. The van der Waals surface area contributed by atoms with Gasteiger partial charge in [0.15, 0.2) is 5.78 Å². The molecule has 0 aromatic heterocycles. The largest absolute Gasteiger partial charge is 0.488 e. The lowest BCUT2D eigenvalue weighted by molar-refractivity contribution is -0.124. The topological polar surface area (TPSA) is 55.8 Å². The van der Waals surface area contributed by atoms with Crippen LogP contribution in [0.3, 0.4) is 0 Å². The first-order valence-electron chi connectivity index (χ1n) is 13.1. The Morgan fingerprint density at radius 1 is 0.769 bits per heavy atom. The number of carbonyl (C=O) groups is 2. The van der Waals surface area contributed by atoms with Crippen molar-refractivity contribution in [1.82, 2.24) is 4.90 Å². The third-order valence-electron chi connectivity index (χ3n) is 6.84. The van der Waals surface area contributed by atoms with E-state index in [4.69, 9.17) is 21.1 Å². The molecule has 6 heteroatoms. The van der Waals surface area contributed by atoms with Crippen LogP contribution < -0.4 is 9.47 Å². The van der Waals surface area contributed by atoms with Gasteiger partial charge in [0.05, 0.1) is 16.5 Å². The normalized spacial score (nSPS) is 15.6. The maximum absolute atomic E-state index is 13.9. The number of hydrogen-bond acceptors (Lipinski definition) is 5. The van der Waals surface area contributed by atoms with Crippen LogP contribution in [0.2, 0.25) is 5.02 Å². The van der Waals surface area contributed by atoms with E-state index in [0.717, 1.165) is 16.7 Å². The van der Waals surface area contributed by atoms with Gasteiger partial charge in [0.1, 0.15) is 30.5 Å². The number of rotatable bonds is 10. The first kappa shape index (κ1) is 26.7. The van der Waals surface area contributed by atoms with Crippen LogP contribution in [0, 0.1) is 5.92 Å². The quantitative estimate of drug-likeness (QED) is 0.164. The highest BCUT2D eigenvalue weighted by atomic mass is 35.5. The summed E-state index contributed by atoms with van der Waals surface area (Å²) in [7, 11) is 0. The number of ether oxygens (including phenoxy) is 2. The maximum atomic E-state index is 13.9. The fraction of sp³-hybridized carbons (Fsp3) is 0.212. The molecule has 1 unspecified atom stereocenters. The van der Waals surface area contributed by atoms with E-state index in [0.29, 0.717) is 54.7 Å². The minimum atomic E-state index is -0.784. The number of carbonyl (C=O) groups excluding carboxylic acids is 2. The molecule has 198 valence electrons. The molecule has 39 heavy (non-hydrogen) atoms. The molecule has 4 aromatic carbocycles. The Labute approximate surface area is 233 Å². The Hall–Kier alpha value is -3.93. The van der Waals surface area contributed by atoms with E-state index >= 15 is 0 Å². The smallest absolute Gasteiger partial charge is 0.178 e. The van der Waals surface area contributed by atoms with E-state index in [-0.39, 0.29) is 18.2 Å². The highest BCUT2D eigenvalue weighted by Gasteiger charge is 2.35. The minimum absolute atomic E-state index is 0.0566. The molecule has 1 aliphatic heterocycles. The Morgan fingerprint density at radius 2 is 1.31 bits per heavy atom. The molecule has 0 N–H and O–H groups in total. The number of ketones is 2. The number of benzene rings is 4. The van der Waals surface area contributed by atoms with Gasteiger partial charge in [-0.3, -0.25) is 14.5 Å². The van der Waals surface area contributed by atoms with Crippen molar-refractivity contribution in [3.8, 4) is 11.5 Å². The number of piperidine rings is 1. The molecule has 0 amide bonds. The van der Waals surface area contributed by atoms with Crippen LogP contribution in [0.15, 0.2) is 103 Å². The molecule has 0 bridgehead atoms. The fourth-order valence-electron chi connectivity index (χ4n) is 4.72. The van der Waals surface area contributed by atoms with Crippen molar-refractivity contribution in [2.45, 2.75) is 26.2 Å². The molecule has 1 fully saturated rings. The molecule has 5 rings (SSSR count). The van der Waals surface area contributed by atoms with Gasteiger partial charge >= 0.3 is 0 Å². The average Bonchev–Trinajstić information content (AvgIpc) is 2.98. The average molecular weight is 540 g/mol. The molecule has 5 nitrogen and oxygen atoms in total. The number of nitrogens with zero attached hydrogens (tertiary/aromatic N) is 1. The number of likely N-dealkylation sites (tertiary alicyclic amines) is 1. The van der Waals surface area contributed by atoms with Crippen molar-refractivity contribution in [2.24, 2.45) is 5.92 Å². The second kappa shape index (κ2) is 12.7. The van der Waals surface area contributed by atoms with Crippen LogP contribution in [0.5, 0.6) is 11.5 Å². The van der Waals surface area contributed by atoms with Gasteiger partial charge in [0, 0.05) is 32.1 Å². The first-order chi connectivity index (χ1) is 19.1. The van der Waals surface area contributed by atoms with Crippen molar-refractivity contribution < 1.29 is 19.1 Å². The van der Waals surface area contributed by atoms with Crippen molar-refractivity contribution >= 4 is 23.2 Å². The van der Waals surface area contributed by atoms with Gasteiger partial charge < -0.3 is 9.47 Å². The van der Waals surface area contributed by atoms with Crippen LogP contribution in [-0.2, 0) is 24.6 Å². The zero-order chi connectivity index (χ0) is 27.0. The summed E-state index contributed by atoms with van der Waals surface area (Å²) in [6.45, 7) is 2.25. The van der Waals surface area contributed by atoms with Crippen molar-refractivity contribution in [3.63, 3.8) is 0 Å². The van der Waals surface area contributed by atoms with Crippen LogP contribution in [0.25, 0.3) is 0 Å². The summed E-state index contributed by atoms with van der Waals surface area (Å²) in [6, 6.07) is 32.8. The van der Waals surface area contributed by atoms with Crippen molar-refractivity contribution in [1.29, 1.82) is 0 Å². The lowest BCUT2D eigenvalue weighted by Gasteiger charge is -2.31. The molecule has 0 saturated carbocycles. The van der Waals surface area contributed by atoms with E-state index in [1.807, 2.05) is 78.9 Å². The second-order valence-corrected chi connectivity index (χ2v) is 10.1. The summed E-state index contributed by atoms with van der Waals surface area (Å²) in [5.74, 6) is -0.352. The van der Waals surface area contributed by atoms with Gasteiger partial charge in [-0.05, 0) is 22.8 Å². The highest BCUT2D eigenvalue weighted by Crippen LogP contribution is 2.36. The van der Waals surface area contributed by atoms with E-state index in [2.05, 4.69) is 17.0 Å². The predicted octanol–water partition coefficient (Wildman–Crippen LogP) is 6.77. The lowest BCUT2D eigenvalue weighted by Crippen LogP contribution is -2.43. The van der Waals surface area contributed by atoms with E-state index in [1.54, 1.807) is 12.1 Å². The van der Waals surface area contributed by atoms with Crippen LogP contribution in [-0.4, -0.2) is 29.6 Å². The van der Waals surface area contributed by atoms with Gasteiger partial charge in [-0.2, -0.15) is 0 Å². The molecule has 1 heterocycles. The summed E-state index contributed by atoms with van der Waals surface area (Å²) in [6.07, 6.45) is 0.329. The monoisotopic (exact) mass is 539 g/mol. The Morgan fingerprint density at radius 3 is 1.90 bits per heavy atom. The molecule has 0 spiro atoms. The highest BCUT2D eigenvalue weighted by molar-refractivity contribution is 6.32. The summed E-state index contributed by atoms with van der Waals surface area (Å²) in [4.78, 5) is 29.0. The molecular formula is C33H30ClNO4. The summed E-state index contributed by atoms with van der Waals surface area (Å²) < 4.78 is 12.2. The first-order valence-corrected chi connectivity index (χ1v) is 13.4. The van der Waals surface area contributed by atoms with Crippen LogP contribution in [0.4, 0.5) is 0 Å². The van der Waals surface area contributed by atoms with Crippen LogP contribution in [0.1, 0.15) is 33.5 Å². The number of Topliss-reactive ketones (excluding diaryl/α,β-unsaturated/α-hetero) is 2. The molecule has 0 radical (unpaired) electrons. The van der Waals surface area contributed by atoms with E-state index < -0.39 is 5.92 Å². The van der Waals surface area contributed by atoms with E-state index in [9.17, 15) is 9.59 Å². The number of halogens is 1. The fourth-order valence-corrected chi connectivity index (χ4v) is 4.94. The van der Waals surface area contributed by atoms with Gasteiger partial charge in [-0.25, -0.2) is 0 Å². The molecule has 0 aliphatic carbocycles. The molecule has 1 aliphatic rings.